The number of aliphatic hydroxyl groups excluding tert-OH is 4. The monoisotopic (exact) mass is 268 g/mol. The van der Waals surface area contributed by atoms with Gasteiger partial charge in [0.25, 0.3) is 0 Å². The summed E-state index contributed by atoms with van der Waals surface area (Å²) in [5, 5.41) is 38.4. The molecule has 19 heavy (non-hydrogen) atoms. The van der Waals surface area contributed by atoms with Crippen LogP contribution in [-0.4, -0.2) is 57.6 Å². The molecule has 0 aromatic heterocycles. The predicted octanol–water partition coefficient (Wildman–Crippen LogP) is -0.620. The second-order valence-corrected chi connectivity index (χ2v) is 5.06. The van der Waals surface area contributed by atoms with Crippen LogP contribution >= 0.6 is 0 Å². The van der Waals surface area contributed by atoms with Crippen LogP contribution in [0.15, 0.2) is 24.3 Å². The molecule has 4 N–H and O–H groups in total. The van der Waals surface area contributed by atoms with Crippen LogP contribution in [0, 0.1) is 6.92 Å². The summed E-state index contributed by atoms with van der Waals surface area (Å²) in [5.74, 6) is 0. The third-order valence-corrected chi connectivity index (χ3v) is 3.55. The normalized spacial score (nSPS) is 35.3. The van der Waals surface area contributed by atoms with E-state index in [0.29, 0.717) is 6.42 Å². The van der Waals surface area contributed by atoms with Gasteiger partial charge in [-0.1, -0.05) is 29.8 Å². The van der Waals surface area contributed by atoms with Gasteiger partial charge < -0.3 is 25.2 Å². The van der Waals surface area contributed by atoms with Crippen molar-refractivity contribution in [3.05, 3.63) is 35.4 Å². The molecule has 0 spiro atoms. The van der Waals surface area contributed by atoms with Crippen LogP contribution < -0.4 is 0 Å². The molecule has 5 unspecified atom stereocenters. The average molecular weight is 268 g/mol. The lowest BCUT2D eigenvalue weighted by Crippen LogP contribution is -2.58. The lowest BCUT2D eigenvalue weighted by atomic mass is 9.91. The SMILES string of the molecule is Cc1ccc(CC2OC(CO)C(O)C(O)C2O)cc1. The second kappa shape index (κ2) is 5.98. The Labute approximate surface area is 112 Å². The number of hydrogen-bond acceptors (Lipinski definition) is 5. The van der Waals surface area contributed by atoms with Crippen molar-refractivity contribution in [2.75, 3.05) is 6.61 Å². The first-order valence-corrected chi connectivity index (χ1v) is 6.39. The maximum Gasteiger partial charge on any atom is 0.111 e. The van der Waals surface area contributed by atoms with E-state index in [-0.39, 0.29) is 0 Å². The van der Waals surface area contributed by atoms with Crippen molar-refractivity contribution < 1.29 is 25.2 Å². The Morgan fingerprint density at radius 2 is 1.53 bits per heavy atom. The molecular formula is C14H20O5. The van der Waals surface area contributed by atoms with Crippen LogP contribution in [0.2, 0.25) is 0 Å². The highest BCUT2D eigenvalue weighted by molar-refractivity contribution is 5.22. The van der Waals surface area contributed by atoms with E-state index in [0.717, 1.165) is 11.1 Å². The van der Waals surface area contributed by atoms with Crippen LogP contribution in [0.4, 0.5) is 0 Å². The molecule has 1 aliphatic heterocycles. The molecule has 1 aliphatic rings. The molecule has 2 rings (SSSR count). The van der Waals surface area contributed by atoms with Crippen LogP contribution in [-0.2, 0) is 11.2 Å². The van der Waals surface area contributed by atoms with Gasteiger partial charge in [0, 0.05) is 6.42 Å². The molecule has 1 saturated heterocycles. The minimum atomic E-state index is -1.30. The third-order valence-electron chi connectivity index (χ3n) is 3.55. The third kappa shape index (κ3) is 3.13. The van der Waals surface area contributed by atoms with Gasteiger partial charge in [0.2, 0.25) is 0 Å². The van der Waals surface area contributed by atoms with Gasteiger partial charge >= 0.3 is 0 Å². The van der Waals surface area contributed by atoms with Crippen molar-refractivity contribution in [3.63, 3.8) is 0 Å². The smallest absolute Gasteiger partial charge is 0.111 e. The summed E-state index contributed by atoms with van der Waals surface area (Å²) >= 11 is 0. The van der Waals surface area contributed by atoms with Gasteiger partial charge in [-0.3, -0.25) is 0 Å². The first-order valence-electron chi connectivity index (χ1n) is 6.39. The number of hydrogen-bond donors (Lipinski definition) is 4. The summed E-state index contributed by atoms with van der Waals surface area (Å²) in [4.78, 5) is 0. The molecule has 5 heteroatoms. The van der Waals surface area contributed by atoms with Crippen LogP contribution in [0.5, 0.6) is 0 Å². The predicted molar refractivity (Wildman–Crippen MR) is 68.7 cm³/mol. The Bertz CT molecular complexity index is 403. The van der Waals surface area contributed by atoms with E-state index in [1.54, 1.807) is 0 Å². The van der Waals surface area contributed by atoms with E-state index in [4.69, 9.17) is 9.84 Å². The van der Waals surface area contributed by atoms with Crippen molar-refractivity contribution in [2.45, 2.75) is 43.9 Å². The maximum absolute atomic E-state index is 9.92. The summed E-state index contributed by atoms with van der Waals surface area (Å²) in [6.07, 6.45) is -4.83. The first-order chi connectivity index (χ1) is 9.02. The van der Waals surface area contributed by atoms with Gasteiger partial charge in [-0.25, -0.2) is 0 Å². The van der Waals surface area contributed by atoms with Gasteiger partial charge in [0.1, 0.15) is 24.4 Å². The second-order valence-electron chi connectivity index (χ2n) is 5.06. The fourth-order valence-electron chi connectivity index (χ4n) is 2.30. The highest BCUT2D eigenvalue weighted by Gasteiger charge is 2.43. The molecule has 5 atom stereocenters. The quantitative estimate of drug-likeness (QED) is 0.586. The molecule has 106 valence electrons. The molecule has 1 aromatic rings. The van der Waals surface area contributed by atoms with Gasteiger partial charge in [-0.15, -0.1) is 0 Å². The van der Waals surface area contributed by atoms with Crippen molar-refractivity contribution in [2.24, 2.45) is 0 Å². The zero-order valence-electron chi connectivity index (χ0n) is 10.8. The lowest BCUT2D eigenvalue weighted by molar-refractivity contribution is -0.228. The Morgan fingerprint density at radius 1 is 0.947 bits per heavy atom. The van der Waals surface area contributed by atoms with E-state index < -0.39 is 37.1 Å². The summed E-state index contributed by atoms with van der Waals surface area (Å²) in [6.45, 7) is 1.59. The zero-order chi connectivity index (χ0) is 14.0. The minimum absolute atomic E-state index is 0.394. The molecule has 1 fully saturated rings. The maximum atomic E-state index is 9.92. The number of ether oxygens (including phenoxy) is 1. The minimum Gasteiger partial charge on any atom is -0.394 e. The molecule has 0 bridgehead atoms. The molecule has 0 amide bonds. The Balaban J connectivity index is 2.08. The zero-order valence-corrected chi connectivity index (χ0v) is 10.8. The van der Waals surface area contributed by atoms with E-state index in [2.05, 4.69) is 0 Å². The van der Waals surface area contributed by atoms with Gasteiger partial charge in [-0.05, 0) is 12.5 Å². The molecule has 5 nitrogen and oxygen atoms in total. The first kappa shape index (κ1) is 14.4. The van der Waals surface area contributed by atoms with Crippen molar-refractivity contribution >= 4 is 0 Å². The fraction of sp³-hybridized carbons (Fsp3) is 0.571. The molecular weight excluding hydrogens is 248 g/mol. The summed E-state index contributed by atoms with van der Waals surface area (Å²) in [7, 11) is 0. The summed E-state index contributed by atoms with van der Waals surface area (Å²) in [6, 6.07) is 7.77. The fourth-order valence-corrected chi connectivity index (χ4v) is 2.30. The van der Waals surface area contributed by atoms with E-state index >= 15 is 0 Å². The van der Waals surface area contributed by atoms with E-state index in [1.165, 1.54) is 0 Å². The van der Waals surface area contributed by atoms with Crippen molar-refractivity contribution in [1.82, 2.24) is 0 Å². The summed E-state index contributed by atoms with van der Waals surface area (Å²) in [5.41, 5.74) is 2.10. The Morgan fingerprint density at radius 3 is 2.11 bits per heavy atom. The molecule has 0 saturated carbocycles. The average Bonchev–Trinajstić information content (AvgIpc) is 2.42. The Kier molecular flexibility index (Phi) is 4.54. The topological polar surface area (TPSA) is 90.2 Å². The summed E-state index contributed by atoms with van der Waals surface area (Å²) < 4.78 is 5.45. The highest BCUT2D eigenvalue weighted by atomic mass is 16.5. The van der Waals surface area contributed by atoms with Gasteiger partial charge in [0.15, 0.2) is 0 Å². The van der Waals surface area contributed by atoms with Gasteiger partial charge in [-0.2, -0.15) is 0 Å². The molecule has 1 aromatic carbocycles. The van der Waals surface area contributed by atoms with E-state index in [9.17, 15) is 15.3 Å². The van der Waals surface area contributed by atoms with Crippen molar-refractivity contribution in [1.29, 1.82) is 0 Å². The number of rotatable bonds is 3. The highest BCUT2D eigenvalue weighted by Crippen LogP contribution is 2.23. The van der Waals surface area contributed by atoms with Gasteiger partial charge in [0.05, 0.1) is 12.7 Å². The number of benzene rings is 1. The largest absolute Gasteiger partial charge is 0.394 e. The lowest BCUT2D eigenvalue weighted by Gasteiger charge is -2.40. The molecule has 1 heterocycles. The van der Waals surface area contributed by atoms with Crippen LogP contribution in [0.25, 0.3) is 0 Å². The Hall–Kier alpha value is -0.980. The van der Waals surface area contributed by atoms with Crippen LogP contribution in [0.1, 0.15) is 11.1 Å². The van der Waals surface area contributed by atoms with Crippen molar-refractivity contribution in [3.8, 4) is 0 Å². The molecule has 0 aliphatic carbocycles. The molecule has 0 radical (unpaired) electrons. The standard InChI is InChI=1S/C14H20O5/c1-8-2-4-9(5-3-8)6-10-12(16)14(18)13(17)11(7-15)19-10/h2-5,10-18H,6-7H2,1H3. The van der Waals surface area contributed by atoms with Crippen LogP contribution in [0.3, 0.4) is 0 Å². The number of aliphatic hydroxyl groups is 4. The number of aryl methyl sites for hydroxylation is 1. The van der Waals surface area contributed by atoms with E-state index in [1.807, 2.05) is 31.2 Å².